The van der Waals surface area contributed by atoms with E-state index in [1.807, 2.05) is 48.2 Å². The van der Waals surface area contributed by atoms with Gasteiger partial charge in [0.15, 0.2) is 23.2 Å². The van der Waals surface area contributed by atoms with E-state index >= 15 is 0 Å². The molecule has 14 nitrogen and oxygen atoms in total. The molecule has 6 atom stereocenters. The van der Waals surface area contributed by atoms with E-state index in [1.165, 1.54) is 13.3 Å². The first-order valence-corrected chi connectivity index (χ1v) is 17.3. The van der Waals surface area contributed by atoms with Crippen LogP contribution < -0.4 is 10.2 Å². The lowest BCUT2D eigenvalue weighted by molar-refractivity contribution is -0.199. The van der Waals surface area contributed by atoms with Crippen molar-refractivity contribution in [2.75, 3.05) is 36.5 Å². The summed E-state index contributed by atoms with van der Waals surface area (Å²) < 4.78 is 44.5. The summed E-state index contributed by atoms with van der Waals surface area (Å²) in [5.74, 6) is -2.74. The molecule has 0 amide bonds. The van der Waals surface area contributed by atoms with Crippen molar-refractivity contribution in [2.24, 2.45) is 5.92 Å². The molecule has 0 bridgehead atoms. The molecular formula is C36H43F3N6O8. The van der Waals surface area contributed by atoms with Gasteiger partial charge >= 0.3 is 18.1 Å². The summed E-state index contributed by atoms with van der Waals surface area (Å²) in [6.07, 6.45) is -6.14. The Balaban J connectivity index is 0.000000534. The second kappa shape index (κ2) is 17.3. The van der Waals surface area contributed by atoms with Crippen molar-refractivity contribution in [3.63, 3.8) is 0 Å². The maximum atomic E-state index is 12.2. The van der Waals surface area contributed by atoms with Crippen LogP contribution in [-0.2, 0) is 19.1 Å². The molecular weight excluding hydrogens is 701 g/mol. The van der Waals surface area contributed by atoms with Crippen LogP contribution in [0.1, 0.15) is 56.4 Å². The zero-order valence-electron chi connectivity index (χ0n) is 29.1. The lowest BCUT2D eigenvalue weighted by Crippen LogP contribution is -2.48. The number of carbonyl (C=O) groups excluding carboxylic acids is 1. The molecule has 2 aliphatic heterocycles. The molecule has 0 spiro atoms. The summed E-state index contributed by atoms with van der Waals surface area (Å²) >= 11 is 0. The highest BCUT2D eigenvalue weighted by Crippen LogP contribution is 2.36. The van der Waals surface area contributed by atoms with E-state index in [4.69, 9.17) is 14.7 Å². The number of imidazole rings is 1. The van der Waals surface area contributed by atoms with Gasteiger partial charge in [-0.15, -0.1) is 0 Å². The summed E-state index contributed by atoms with van der Waals surface area (Å²) in [6.45, 7) is 3.63. The summed E-state index contributed by atoms with van der Waals surface area (Å²) in [5.41, 5.74) is 3.04. The number of nitrogens with one attached hydrogen (secondary N) is 1. The Kier molecular flexibility index (Phi) is 12.9. The summed E-state index contributed by atoms with van der Waals surface area (Å²) in [6, 6.07) is 20.0. The summed E-state index contributed by atoms with van der Waals surface area (Å²) in [7, 11) is 0. The first-order valence-electron chi connectivity index (χ1n) is 17.3. The Morgan fingerprint density at radius 3 is 2.17 bits per heavy atom. The fraction of sp³-hybridized carbons (Fsp3) is 0.472. The van der Waals surface area contributed by atoms with E-state index in [0.717, 1.165) is 11.1 Å². The molecule has 0 radical (unpaired) electrons. The number of anilines is 2. The van der Waals surface area contributed by atoms with Crippen molar-refractivity contribution in [1.82, 2.24) is 19.5 Å². The van der Waals surface area contributed by atoms with Crippen molar-refractivity contribution in [1.29, 1.82) is 0 Å². The standard InChI is InChI=1S/C32H38N6O6.C4H5F3O2/c1-2-23-21(31(42)43)14-9-15-37(23)32-35-28(33-16-22(19-10-5-3-6-11-19)20-12-7-4-8-13-20)25-29(36-32)38(18-34-25)30-27(41)26(40)24(17-39)44-30;1-2-9-3(8)4(5,6)7/h3-8,10-13,18,21-24,26-27,30,39-41H,2,9,14-17H2,1H3,(H,42,43)(H,33,35,36);2H2,1H3/t21?,23-,24-,26-,27-,30-;/m1./s1. The lowest BCUT2D eigenvalue weighted by Gasteiger charge is -2.39. The molecule has 0 saturated carbocycles. The summed E-state index contributed by atoms with van der Waals surface area (Å²) in [5, 5.41) is 44.4. The smallest absolute Gasteiger partial charge is 0.481 e. The number of aliphatic hydroxyl groups is 3. The molecule has 4 heterocycles. The average Bonchev–Trinajstić information content (AvgIpc) is 3.71. The van der Waals surface area contributed by atoms with Crippen molar-refractivity contribution in [3.05, 3.63) is 78.1 Å². The number of benzene rings is 2. The Labute approximate surface area is 303 Å². The lowest BCUT2D eigenvalue weighted by atomic mass is 9.88. The maximum absolute atomic E-state index is 12.2. The number of fused-ring (bicyclic) bond motifs is 1. The third kappa shape index (κ3) is 8.87. The van der Waals surface area contributed by atoms with Crippen LogP contribution in [0.3, 0.4) is 0 Å². The molecule has 53 heavy (non-hydrogen) atoms. The second-order valence-electron chi connectivity index (χ2n) is 12.7. The largest absolute Gasteiger partial charge is 0.490 e. The highest BCUT2D eigenvalue weighted by molar-refractivity contribution is 5.85. The predicted molar refractivity (Wildman–Crippen MR) is 186 cm³/mol. The molecule has 1 unspecified atom stereocenters. The zero-order chi connectivity index (χ0) is 38.3. The Morgan fingerprint density at radius 1 is 1.02 bits per heavy atom. The highest BCUT2D eigenvalue weighted by Gasteiger charge is 2.44. The van der Waals surface area contributed by atoms with E-state index in [1.54, 1.807) is 4.57 Å². The Morgan fingerprint density at radius 2 is 1.66 bits per heavy atom. The maximum Gasteiger partial charge on any atom is 0.490 e. The third-order valence-electron chi connectivity index (χ3n) is 9.36. The number of carboxylic acids is 1. The number of aliphatic hydroxyl groups excluding tert-OH is 3. The Hall–Kier alpha value is -4.84. The van der Waals surface area contributed by atoms with Gasteiger partial charge in [0.05, 0.1) is 25.5 Å². The van der Waals surface area contributed by atoms with Gasteiger partial charge in [0.25, 0.3) is 0 Å². The number of aliphatic carboxylic acids is 1. The van der Waals surface area contributed by atoms with Crippen molar-refractivity contribution in [2.45, 2.75) is 75.8 Å². The van der Waals surface area contributed by atoms with Crippen LogP contribution in [0, 0.1) is 5.92 Å². The number of hydrogen-bond acceptors (Lipinski definition) is 12. The molecule has 2 aromatic carbocycles. The predicted octanol–water partition coefficient (Wildman–Crippen LogP) is 3.87. The van der Waals surface area contributed by atoms with Crippen LogP contribution in [0.25, 0.3) is 11.2 Å². The van der Waals surface area contributed by atoms with Gasteiger partial charge in [-0.05, 0) is 37.3 Å². The first kappa shape index (κ1) is 39.4. The van der Waals surface area contributed by atoms with E-state index in [9.17, 15) is 43.2 Å². The van der Waals surface area contributed by atoms with Gasteiger partial charge in [-0.25, -0.2) is 9.78 Å². The molecule has 2 aliphatic rings. The van der Waals surface area contributed by atoms with E-state index < -0.39 is 55.2 Å². The van der Waals surface area contributed by atoms with Crippen LogP contribution in [-0.4, -0.2) is 109 Å². The van der Waals surface area contributed by atoms with Gasteiger partial charge in [0.1, 0.15) is 18.3 Å². The number of carboxylic acid groups (broad SMARTS) is 1. The number of ether oxygens (including phenoxy) is 2. The van der Waals surface area contributed by atoms with Gasteiger partial charge in [-0.1, -0.05) is 67.6 Å². The van der Waals surface area contributed by atoms with Gasteiger partial charge < -0.3 is 40.1 Å². The van der Waals surface area contributed by atoms with E-state index in [2.05, 4.69) is 39.3 Å². The van der Waals surface area contributed by atoms with Crippen LogP contribution >= 0.6 is 0 Å². The fourth-order valence-corrected chi connectivity index (χ4v) is 6.76. The zero-order valence-corrected chi connectivity index (χ0v) is 29.1. The van der Waals surface area contributed by atoms with Crippen molar-refractivity contribution in [3.8, 4) is 0 Å². The number of halogens is 3. The molecule has 5 N–H and O–H groups in total. The average molecular weight is 745 g/mol. The van der Waals surface area contributed by atoms with Crippen LogP contribution in [0.4, 0.5) is 24.9 Å². The minimum absolute atomic E-state index is 0.0110. The molecule has 2 fully saturated rings. The van der Waals surface area contributed by atoms with Crippen LogP contribution in [0.2, 0.25) is 0 Å². The van der Waals surface area contributed by atoms with Crippen LogP contribution in [0.5, 0.6) is 0 Å². The molecule has 6 rings (SSSR count). The number of carbonyl (C=O) groups is 2. The molecule has 0 aliphatic carbocycles. The number of piperidine rings is 1. The van der Waals surface area contributed by atoms with Crippen molar-refractivity contribution < 1.29 is 52.7 Å². The second-order valence-corrected chi connectivity index (χ2v) is 12.7. The monoisotopic (exact) mass is 744 g/mol. The van der Waals surface area contributed by atoms with Gasteiger partial charge in [0, 0.05) is 25.0 Å². The molecule has 2 aromatic heterocycles. The molecule has 4 aromatic rings. The molecule has 17 heteroatoms. The number of nitrogens with zero attached hydrogens (tertiary/aromatic N) is 5. The number of aromatic nitrogens is 4. The van der Waals surface area contributed by atoms with Crippen LogP contribution in [0.15, 0.2) is 67.0 Å². The molecule has 286 valence electrons. The first-order chi connectivity index (χ1) is 25.4. The highest BCUT2D eigenvalue weighted by atomic mass is 19.4. The van der Waals surface area contributed by atoms with E-state index in [0.29, 0.717) is 55.3 Å². The topological polar surface area (TPSA) is 192 Å². The Bertz CT molecular complexity index is 1780. The minimum Gasteiger partial charge on any atom is -0.481 e. The van der Waals surface area contributed by atoms with Crippen molar-refractivity contribution >= 4 is 34.9 Å². The molecule has 2 saturated heterocycles. The van der Waals surface area contributed by atoms with Gasteiger partial charge in [-0.2, -0.15) is 23.1 Å². The summed E-state index contributed by atoms with van der Waals surface area (Å²) in [4.78, 5) is 38.2. The van der Waals surface area contributed by atoms with E-state index in [-0.39, 0.29) is 18.6 Å². The number of esters is 1. The normalized spacial score (nSPS) is 23.1. The number of rotatable bonds is 11. The SMILES string of the molecule is CCOC(=O)C(F)(F)F.CC[C@@H]1C(C(=O)O)CCCN1c1nc(NCC(c2ccccc2)c2ccccc2)c2ncn([C@@H]3O[C@H](CO)[C@@H](O)[C@H]3O)c2n1. The minimum atomic E-state index is -4.85. The van der Waals surface area contributed by atoms with Gasteiger partial charge in [0.2, 0.25) is 5.95 Å². The van der Waals surface area contributed by atoms with Gasteiger partial charge in [-0.3, -0.25) is 9.36 Å². The number of hydrogen-bond donors (Lipinski definition) is 5. The quantitative estimate of drug-likeness (QED) is 0.139. The fourth-order valence-electron chi connectivity index (χ4n) is 6.76. The third-order valence-corrected chi connectivity index (χ3v) is 9.36. The number of alkyl halides is 3.